The number of primary amides is 1. The van der Waals surface area contributed by atoms with E-state index in [0.29, 0.717) is 6.42 Å². The number of hydrogen-bond donors (Lipinski definition) is 2. The number of amides is 1. The molecule has 1 amide bonds. The molecule has 0 spiro atoms. The fraction of sp³-hybridized carbons (Fsp3) is 0.900. The quantitative estimate of drug-likeness (QED) is 0.637. The van der Waals surface area contributed by atoms with Crippen LogP contribution in [0.1, 0.15) is 33.6 Å². The summed E-state index contributed by atoms with van der Waals surface area (Å²) in [5.41, 5.74) is 4.96. The van der Waals surface area contributed by atoms with E-state index in [1.165, 1.54) is 0 Å². The maximum atomic E-state index is 10.6. The topological polar surface area (TPSA) is 64.3 Å². The third-order valence-electron chi connectivity index (χ3n) is 2.28. The van der Waals surface area contributed by atoms with Gasteiger partial charge in [0.2, 0.25) is 5.91 Å². The molecule has 0 aromatic carbocycles. The van der Waals surface area contributed by atoms with Gasteiger partial charge in [-0.15, -0.1) is 0 Å². The Balaban J connectivity index is 3.58. The summed E-state index contributed by atoms with van der Waals surface area (Å²) in [4.78, 5) is 10.6. The van der Waals surface area contributed by atoms with Gasteiger partial charge in [0.1, 0.15) is 0 Å². The third kappa shape index (κ3) is 6.86. The van der Waals surface area contributed by atoms with Crippen molar-refractivity contribution < 1.29 is 9.53 Å². The first-order chi connectivity index (χ1) is 6.37. The number of methoxy groups -OCH3 is 1. The molecule has 0 rings (SSSR count). The fourth-order valence-electron chi connectivity index (χ4n) is 1.10. The molecule has 4 heteroatoms. The molecule has 0 saturated carbocycles. The Labute approximate surface area is 86.2 Å². The van der Waals surface area contributed by atoms with E-state index in [9.17, 15) is 4.79 Å². The van der Waals surface area contributed by atoms with Gasteiger partial charge in [-0.25, -0.2) is 0 Å². The maximum Gasteiger partial charge on any atom is 0.218 e. The molecule has 0 bridgehead atoms. The highest BCUT2D eigenvalue weighted by Gasteiger charge is 2.16. The van der Waals surface area contributed by atoms with Crippen LogP contribution in [0.15, 0.2) is 0 Å². The Morgan fingerprint density at radius 2 is 2.14 bits per heavy atom. The number of ether oxygens (including phenoxy) is 1. The molecule has 0 saturated heterocycles. The number of nitrogens with two attached hydrogens (primary N) is 1. The van der Waals surface area contributed by atoms with Crippen molar-refractivity contribution in [1.29, 1.82) is 0 Å². The van der Waals surface area contributed by atoms with Crippen molar-refractivity contribution in [2.45, 2.75) is 45.3 Å². The van der Waals surface area contributed by atoms with E-state index in [-0.39, 0.29) is 17.6 Å². The zero-order chi connectivity index (χ0) is 11.2. The van der Waals surface area contributed by atoms with Crippen LogP contribution in [0.3, 0.4) is 0 Å². The molecular weight excluding hydrogens is 180 g/mol. The van der Waals surface area contributed by atoms with Crippen LogP contribution in [0.4, 0.5) is 0 Å². The monoisotopic (exact) mass is 202 g/mol. The molecule has 4 nitrogen and oxygen atoms in total. The first-order valence-corrected chi connectivity index (χ1v) is 4.94. The minimum absolute atomic E-state index is 0.112. The van der Waals surface area contributed by atoms with Gasteiger partial charge in [0.15, 0.2) is 0 Å². The number of rotatable bonds is 7. The minimum Gasteiger partial charge on any atom is -0.379 e. The van der Waals surface area contributed by atoms with Gasteiger partial charge >= 0.3 is 0 Å². The zero-order valence-corrected chi connectivity index (χ0v) is 9.59. The molecule has 0 aromatic rings. The van der Waals surface area contributed by atoms with Gasteiger partial charge in [0.25, 0.3) is 0 Å². The van der Waals surface area contributed by atoms with Crippen LogP contribution < -0.4 is 11.1 Å². The molecule has 0 fully saturated rings. The summed E-state index contributed by atoms with van der Waals surface area (Å²) in [5, 5.41) is 3.22. The summed E-state index contributed by atoms with van der Waals surface area (Å²) < 4.78 is 5.27. The van der Waals surface area contributed by atoms with E-state index in [2.05, 4.69) is 5.32 Å². The van der Waals surface area contributed by atoms with Crippen LogP contribution >= 0.6 is 0 Å². The van der Waals surface area contributed by atoms with Crippen molar-refractivity contribution in [3.63, 3.8) is 0 Å². The second-order valence-electron chi connectivity index (χ2n) is 4.24. The predicted molar refractivity (Wildman–Crippen MR) is 57.0 cm³/mol. The SMILES string of the molecule is COC(C)(C)CCNC(C)CC(N)=O. The molecule has 1 unspecified atom stereocenters. The summed E-state index contributed by atoms with van der Waals surface area (Å²) >= 11 is 0. The number of carbonyl (C=O) groups excluding carboxylic acids is 1. The summed E-state index contributed by atoms with van der Waals surface area (Å²) in [5.74, 6) is -0.268. The largest absolute Gasteiger partial charge is 0.379 e. The predicted octanol–water partition coefficient (Wildman–Crippen LogP) is 0.655. The maximum absolute atomic E-state index is 10.6. The molecule has 3 N–H and O–H groups in total. The summed E-state index contributed by atoms with van der Waals surface area (Å²) in [6.45, 7) is 6.85. The van der Waals surface area contributed by atoms with E-state index in [0.717, 1.165) is 13.0 Å². The first kappa shape index (κ1) is 13.4. The highest BCUT2D eigenvalue weighted by molar-refractivity contribution is 5.74. The second-order valence-corrected chi connectivity index (χ2v) is 4.24. The molecule has 0 radical (unpaired) electrons. The molecule has 14 heavy (non-hydrogen) atoms. The van der Waals surface area contributed by atoms with Gasteiger partial charge in [-0.2, -0.15) is 0 Å². The lowest BCUT2D eigenvalue weighted by atomic mass is 10.1. The van der Waals surface area contributed by atoms with Crippen molar-refractivity contribution in [3.05, 3.63) is 0 Å². The van der Waals surface area contributed by atoms with Crippen molar-refractivity contribution in [2.24, 2.45) is 5.73 Å². The molecule has 0 heterocycles. The van der Waals surface area contributed by atoms with Gasteiger partial charge in [0, 0.05) is 19.6 Å². The highest BCUT2D eigenvalue weighted by atomic mass is 16.5. The lowest BCUT2D eigenvalue weighted by molar-refractivity contribution is -0.118. The third-order valence-corrected chi connectivity index (χ3v) is 2.28. The van der Waals surface area contributed by atoms with Gasteiger partial charge in [-0.1, -0.05) is 0 Å². The molecule has 0 aliphatic rings. The number of nitrogens with one attached hydrogen (secondary N) is 1. The molecule has 84 valence electrons. The van der Waals surface area contributed by atoms with E-state index in [4.69, 9.17) is 10.5 Å². The minimum atomic E-state index is -0.268. The van der Waals surface area contributed by atoms with Crippen LogP contribution in [0.2, 0.25) is 0 Å². The van der Waals surface area contributed by atoms with Crippen molar-refractivity contribution in [1.82, 2.24) is 5.32 Å². The average molecular weight is 202 g/mol. The van der Waals surface area contributed by atoms with Gasteiger partial charge < -0.3 is 15.8 Å². The zero-order valence-electron chi connectivity index (χ0n) is 9.59. The Morgan fingerprint density at radius 1 is 1.57 bits per heavy atom. The van der Waals surface area contributed by atoms with Crippen molar-refractivity contribution in [2.75, 3.05) is 13.7 Å². The summed E-state index contributed by atoms with van der Waals surface area (Å²) in [7, 11) is 1.70. The first-order valence-electron chi connectivity index (χ1n) is 4.94. The molecule has 0 aliphatic heterocycles. The Kier molecular flexibility index (Phi) is 5.72. The van der Waals surface area contributed by atoms with E-state index in [1.807, 2.05) is 20.8 Å². The number of carbonyl (C=O) groups is 1. The van der Waals surface area contributed by atoms with E-state index < -0.39 is 0 Å². The standard InChI is InChI=1S/C10H22N2O2/c1-8(7-9(11)13)12-6-5-10(2,3)14-4/h8,12H,5-7H2,1-4H3,(H2,11,13). The Morgan fingerprint density at radius 3 is 2.57 bits per heavy atom. The van der Waals surface area contributed by atoms with Crippen LogP contribution in [0.25, 0.3) is 0 Å². The Hall–Kier alpha value is -0.610. The number of hydrogen-bond acceptors (Lipinski definition) is 3. The lowest BCUT2D eigenvalue weighted by Gasteiger charge is -2.23. The smallest absolute Gasteiger partial charge is 0.218 e. The molecular formula is C10H22N2O2. The van der Waals surface area contributed by atoms with E-state index in [1.54, 1.807) is 7.11 Å². The van der Waals surface area contributed by atoms with Crippen LogP contribution in [0, 0.1) is 0 Å². The van der Waals surface area contributed by atoms with Crippen LogP contribution in [0.5, 0.6) is 0 Å². The average Bonchev–Trinajstić information content (AvgIpc) is 2.02. The van der Waals surface area contributed by atoms with Gasteiger partial charge in [-0.05, 0) is 33.7 Å². The van der Waals surface area contributed by atoms with Crippen LogP contribution in [-0.2, 0) is 9.53 Å². The Bertz CT molecular complexity index is 181. The summed E-state index contributed by atoms with van der Waals surface area (Å²) in [6.07, 6.45) is 1.29. The lowest BCUT2D eigenvalue weighted by Crippen LogP contribution is -2.35. The molecule has 0 aliphatic carbocycles. The normalized spacial score (nSPS) is 14.0. The second kappa shape index (κ2) is 5.98. The van der Waals surface area contributed by atoms with Gasteiger partial charge in [0.05, 0.1) is 5.60 Å². The molecule has 0 aromatic heterocycles. The van der Waals surface area contributed by atoms with Crippen LogP contribution in [-0.4, -0.2) is 31.2 Å². The summed E-state index contributed by atoms with van der Waals surface area (Å²) in [6, 6.07) is 0.139. The van der Waals surface area contributed by atoms with Crippen molar-refractivity contribution >= 4 is 5.91 Å². The molecule has 1 atom stereocenters. The van der Waals surface area contributed by atoms with E-state index >= 15 is 0 Å². The fourth-order valence-corrected chi connectivity index (χ4v) is 1.10. The highest BCUT2D eigenvalue weighted by Crippen LogP contribution is 2.11. The van der Waals surface area contributed by atoms with Gasteiger partial charge in [-0.3, -0.25) is 4.79 Å². The van der Waals surface area contributed by atoms with Crippen molar-refractivity contribution in [3.8, 4) is 0 Å².